The molecule has 0 radical (unpaired) electrons. The Morgan fingerprint density at radius 1 is 0.478 bits per heavy atom. The van der Waals surface area contributed by atoms with E-state index in [2.05, 4.69) is 131 Å². The third kappa shape index (κ3) is 3.14. The highest BCUT2D eigenvalue weighted by atomic mass is 16.3. The van der Waals surface area contributed by atoms with Gasteiger partial charge in [-0.3, -0.25) is 0 Å². The van der Waals surface area contributed by atoms with E-state index in [1.54, 1.807) is 0 Å². The van der Waals surface area contributed by atoms with E-state index in [4.69, 9.17) is 4.42 Å². The van der Waals surface area contributed by atoms with Crippen LogP contribution in [-0.2, 0) is 0 Å². The monoisotopic (exact) mass is 590 g/mol. The zero-order valence-corrected chi connectivity index (χ0v) is 25.5. The van der Waals surface area contributed by atoms with Gasteiger partial charge < -0.3 is 14.1 Å². The fraction of sp³-hybridized carbons (Fsp3) is 0.143. The predicted octanol–water partition coefficient (Wildman–Crippen LogP) is 10.3. The molecule has 3 nitrogen and oxygen atoms in total. The molecule has 0 saturated heterocycles. The normalized spacial score (nSPS) is 16.0. The quantitative estimate of drug-likeness (QED) is 0.187. The Morgan fingerprint density at radius 2 is 1.00 bits per heavy atom. The summed E-state index contributed by atoms with van der Waals surface area (Å²) in [5.74, 6) is 0.575. The molecule has 0 N–H and O–H groups in total. The predicted molar refractivity (Wildman–Crippen MR) is 192 cm³/mol. The van der Waals surface area contributed by atoms with Crippen molar-refractivity contribution >= 4 is 68.1 Å². The number of fused-ring (bicyclic) bond motifs is 9. The maximum atomic E-state index is 7.07. The number of anilines is 5. The van der Waals surface area contributed by atoms with Crippen molar-refractivity contribution in [2.75, 3.05) is 9.71 Å². The van der Waals surface area contributed by atoms with Gasteiger partial charge in [0.25, 0.3) is 0 Å². The molecule has 0 amide bonds. The lowest BCUT2D eigenvalue weighted by atomic mass is 9.41. The molecule has 46 heavy (non-hydrogen) atoms. The summed E-state index contributed by atoms with van der Waals surface area (Å²) >= 11 is 0. The molecular weight excluding hydrogens is 559 g/mol. The summed E-state index contributed by atoms with van der Waals surface area (Å²) in [7, 11) is 0. The maximum Gasteiger partial charge on any atom is 0.333 e. The van der Waals surface area contributed by atoms with Crippen LogP contribution in [0.15, 0.2) is 126 Å². The average molecular weight is 591 g/mol. The van der Waals surface area contributed by atoms with E-state index in [0.717, 1.165) is 16.9 Å². The SMILES string of the molecule is c1ccc2c(c1)-c1cccc3c1B1c4c(cccc4N3c3cccc4c3oc3c(C5CCCCC5)cccc34)-c3ccccc3N12. The van der Waals surface area contributed by atoms with Crippen LogP contribution >= 0.6 is 0 Å². The summed E-state index contributed by atoms with van der Waals surface area (Å²) < 4.78 is 7.07. The Balaban J connectivity index is 1.23. The standard InChI is InChI=1S/C42H31BN2O/c1-2-12-26(13-3-1)27-16-8-19-32-33-20-11-25-38(42(33)46-41(27)32)44-36-23-9-17-30-28-14-4-6-21-34(28)45-35-22-7-5-15-29(35)31-18-10-24-37(44)40(31)43(45)39(30)36/h4-11,14-26H,1-3,12-13H2. The summed E-state index contributed by atoms with van der Waals surface area (Å²) in [5, 5.41) is 2.42. The van der Waals surface area contributed by atoms with Gasteiger partial charge in [0.2, 0.25) is 0 Å². The Kier molecular flexibility index (Phi) is 4.99. The first kappa shape index (κ1) is 25.0. The largest absolute Gasteiger partial charge is 0.454 e. The molecule has 4 heteroatoms. The first-order chi connectivity index (χ1) is 22.9. The molecule has 1 aliphatic carbocycles. The number of benzene rings is 6. The molecule has 3 aliphatic heterocycles. The summed E-state index contributed by atoms with van der Waals surface area (Å²) in [6, 6.07) is 45.1. The summed E-state index contributed by atoms with van der Waals surface area (Å²) in [6.07, 6.45) is 6.47. The molecule has 4 aliphatic rings. The molecule has 1 fully saturated rings. The first-order valence-corrected chi connectivity index (χ1v) is 16.8. The van der Waals surface area contributed by atoms with Gasteiger partial charge >= 0.3 is 6.85 Å². The molecule has 11 rings (SSSR count). The molecule has 0 atom stereocenters. The van der Waals surface area contributed by atoms with Crippen molar-refractivity contribution in [2.45, 2.75) is 38.0 Å². The van der Waals surface area contributed by atoms with Crippen LogP contribution in [0.25, 0.3) is 44.2 Å². The zero-order valence-electron chi connectivity index (χ0n) is 25.5. The van der Waals surface area contributed by atoms with E-state index in [1.807, 2.05) is 0 Å². The number of para-hydroxylation sites is 4. The Morgan fingerprint density at radius 3 is 1.67 bits per heavy atom. The summed E-state index contributed by atoms with van der Waals surface area (Å²) in [6.45, 7) is 0.0891. The first-order valence-electron chi connectivity index (χ1n) is 16.8. The van der Waals surface area contributed by atoms with Crippen molar-refractivity contribution in [3.63, 3.8) is 0 Å². The molecular formula is C42H31BN2O. The van der Waals surface area contributed by atoms with Crippen LogP contribution in [-0.4, -0.2) is 6.85 Å². The van der Waals surface area contributed by atoms with E-state index in [-0.39, 0.29) is 6.85 Å². The molecule has 7 aromatic rings. The van der Waals surface area contributed by atoms with E-state index in [9.17, 15) is 0 Å². The van der Waals surface area contributed by atoms with Gasteiger partial charge in [0.15, 0.2) is 5.58 Å². The van der Waals surface area contributed by atoms with Crippen molar-refractivity contribution in [1.29, 1.82) is 0 Å². The third-order valence-electron chi connectivity index (χ3n) is 11.2. The highest BCUT2D eigenvalue weighted by Crippen LogP contribution is 2.52. The fourth-order valence-electron chi connectivity index (χ4n) is 9.30. The van der Waals surface area contributed by atoms with Crippen molar-refractivity contribution < 1.29 is 4.42 Å². The van der Waals surface area contributed by atoms with Crippen LogP contribution < -0.4 is 20.6 Å². The van der Waals surface area contributed by atoms with Crippen molar-refractivity contribution in [2.24, 2.45) is 0 Å². The van der Waals surface area contributed by atoms with E-state index < -0.39 is 0 Å². The van der Waals surface area contributed by atoms with Gasteiger partial charge in [-0.15, -0.1) is 0 Å². The third-order valence-corrected chi connectivity index (χ3v) is 11.2. The fourth-order valence-corrected chi connectivity index (χ4v) is 9.30. The van der Waals surface area contributed by atoms with Gasteiger partial charge in [0.1, 0.15) is 5.58 Å². The molecule has 0 bridgehead atoms. The Bertz CT molecular complexity index is 2300. The minimum Gasteiger partial charge on any atom is -0.454 e. The smallest absolute Gasteiger partial charge is 0.333 e. The van der Waals surface area contributed by atoms with Gasteiger partial charge in [0, 0.05) is 44.6 Å². The second kappa shape index (κ2) is 9.17. The van der Waals surface area contributed by atoms with Crippen LogP contribution in [0.1, 0.15) is 43.6 Å². The topological polar surface area (TPSA) is 19.6 Å². The van der Waals surface area contributed by atoms with Gasteiger partial charge in [-0.05, 0) is 76.7 Å². The summed E-state index contributed by atoms with van der Waals surface area (Å²) in [4.78, 5) is 5.09. The van der Waals surface area contributed by atoms with Crippen molar-refractivity contribution in [3.8, 4) is 22.3 Å². The Hall–Kier alpha value is -5.22. The number of hydrogen-bond donors (Lipinski definition) is 0. The number of furan rings is 1. The molecule has 6 aromatic carbocycles. The summed E-state index contributed by atoms with van der Waals surface area (Å²) in [5.41, 5.74) is 17.5. The molecule has 4 heterocycles. The van der Waals surface area contributed by atoms with Gasteiger partial charge in [-0.25, -0.2) is 0 Å². The number of hydrogen-bond acceptors (Lipinski definition) is 3. The molecule has 218 valence electrons. The zero-order chi connectivity index (χ0) is 29.9. The molecule has 0 spiro atoms. The van der Waals surface area contributed by atoms with Crippen LogP contribution in [0, 0.1) is 0 Å². The van der Waals surface area contributed by atoms with Crippen LogP contribution in [0.2, 0.25) is 0 Å². The molecule has 0 unspecified atom stereocenters. The number of nitrogens with zero attached hydrogens (tertiary/aromatic N) is 2. The lowest BCUT2D eigenvalue weighted by Gasteiger charge is -2.48. The Labute approximate surface area is 268 Å². The van der Waals surface area contributed by atoms with Gasteiger partial charge in [0.05, 0.1) is 5.69 Å². The van der Waals surface area contributed by atoms with Crippen LogP contribution in [0.3, 0.4) is 0 Å². The van der Waals surface area contributed by atoms with E-state index in [0.29, 0.717) is 5.92 Å². The maximum absolute atomic E-state index is 7.07. The molecule has 1 saturated carbocycles. The van der Waals surface area contributed by atoms with Crippen molar-refractivity contribution in [1.82, 2.24) is 0 Å². The lowest BCUT2D eigenvalue weighted by molar-refractivity contribution is 0.442. The molecule has 1 aromatic heterocycles. The highest BCUT2D eigenvalue weighted by molar-refractivity contribution is 6.95. The van der Waals surface area contributed by atoms with Crippen LogP contribution in [0.4, 0.5) is 28.4 Å². The van der Waals surface area contributed by atoms with Crippen molar-refractivity contribution in [3.05, 3.63) is 127 Å². The minimum atomic E-state index is 0.0891. The second-order valence-corrected chi connectivity index (χ2v) is 13.4. The van der Waals surface area contributed by atoms with Gasteiger partial charge in [-0.1, -0.05) is 110 Å². The average Bonchev–Trinajstić information content (AvgIpc) is 3.52. The second-order valence-electron chi connectivity index (χ2n) is 13.4. The highest BCUT2D eigenvalue weighted by Gasteiger charge is 2.48. The van der Waals surface area contributed by atoms with Crippen LogP contribution in [0.5, 0.6) is 0 Å². The van der Waals surface area contributed by atoms with E-state index >= 15 is 0 Å². The van der Waals surface area contributed by atoms with Gasteiger partial charge in [-0.2, -0.15) is 0 Å². The number of rotatable bonds is 2. The minimum absolute atomic E-state index is 0.0891. The lowest BCUT2D eigenvalue weighted by Crippen LogP contribution is -2.63. The van der Waals surface area contributed by atoms with E-state index in [1.165, 1.54) is 104 Å².